The Balaban J connectivity index is 1.54. The third-order valence-electron chi connectivity index (χ3n) is 4.49. The summed E-state index contributed by atoms with van der Waals surface area (Å²) in [4.78, 5) is 27.5. The lowest BCUT2D eigenvalue weighted by Gasteiger charge is -2.09. The number of ether oxygens (including phenoxy) is 1. The van der Waals surface area contributed by atoms with E-state index in [0.717, 1.165) is 17.3 Å². The van der Waals surface area contributed by atoms with Gasteiger partial charge in [-0.3, -0.25) is 14.6 Å². The van der Waals surface area contributed by atoms with Crippen molar-refractivity contribution in [3.8, 4) is 17.0 Å². The van der Waals surface area contributed by atoms with E-state index >= 15 is 0 Å². The van der Waals surface area contributed by atoms with Crippen LogP contribution in [-0.2, 0) is 4.79 Å². The summed E-state index contributed by atoms with van der Waals surface area (Å²) in [5.74, 6) is 0.705. The molecule has 0 aliphatic heterocycles. The molecule has 0 aliphatic carbocycles. The maximum Gasteiger partial charge on any atom is 0.279 e. The van der Waals surface area contributed by atoms with Crippen molar-refractivity contribution in [2.24, 2.45) is 0 Å². The Bertz CT molecular complexity index is 1320. The van der Waals surface area contributed by atoms with Crippen molar-refractivity contribution in [3.05, 3.63) is 63.4 Å². The first-order chi connectivity index (χ1) is 15.0. The van der Waals surface area contributed by atoms with Crippen molar-refractivity contribution in [1.82, 2.24) is 24.8 Å². The van der Waals surface area contributed by atoms with E-state index in [0.29, 0.717) is 27.2 Å². The molecule has 0 aliphatic rings. The fraction of sp³-hybridized carbons (Fsp3) is 0.150. The van der Waals surface area contributed by atoms with Crippen LogP contribution in [0.1, 0.15) is 5.56 Å². The molecule has 0 fully saturated rings. The summed E-state index contributed by atoms with van der Waals surface area (Å²) in [6, 6.07) is 12.3. The Morgan fingerprint density at radius 2 is 2.00 bits per heavy atom. The fourth-order valence-electron chi connectivity index (χ4n) is 2.83. The Hall–Kier alpha value is -3.37. The van der Waals surface area contributed by atoms with E-state index in [1.54, 1.807) is 49.6 Å². The number of amides is 1. The third kappa shape index (κ3) is 4.39. The number of methoxy groups -OCH3 is 1. The minimum Gasteiger partial charge on any atom is -0.497 e. The van der Waals surface area contributed by atoms with E-state index in [4.69, 9.17) is 16.3 Å². The van der Waals surface area contributed by atoms with Crippen molar-refractivity contribution in [3.63, 3.8) is 0 Å². The van der Waals surface area contributed by atoms with Crippen molar-refractivity contribution < 1.29 is 9.53 Å². The summed E-state index contributed by atoms with van der Waals surface area (Å²) in [5, 5.41) is 16.1. The number of nitrogens with one attached hydrogen (secondary N) is 2. The summed E-state index contributed by atoms with van der Waals surface area (Å²) in [6.45, 7) is 1.83. The second-order valence-electron chi connectivity index (χ2n) is 6.50. The van der Waals surface area contributed by atoms with Crippen LogP contribution < -0.4 is 15.6 Å². The van der Waals surface area contributed by atoms with Gasteiger partial charge in [0.1, 0.15) is 5.75 Å². The second-order valence-corrected chi connectivity index (χ2v) is 7.85. The van der Waals surface area contributed by atoms with Crippen LogP contribution in [0.2, 0.25) is 5.02 Å². The number of H-pyrrole nitrogens is 1. The minimum absolute atomic E-state index is 0.0748. The predicted octanol–water partition coefficient (Wildman–Crippen LogP) is 3.18. The van der Waals surface area contributed by atoms with E-state index in [1.807, 2.05) is 6.92 Å². The number of hydrogen-bond acceptors (Lipinski definition) is 7. The summed E-state index contributed by atoms with van der Waals surface area (Å²) in [5.41, 5.74) is 1.86. The number of carbonyl (C=O) groups excluding carboxylic acids is 1. The molecule has 9 nitrogen and oxygen atoms in total. The summed E-state index contributed by atoms with van der Waals surface area (Å²) >= 11 is 7.24. The van der Waals surface area contributed by atoms with Crippen LogP contribution in [0.5, 0.6) is 5.75 Å². The summed E-state index contributed by atoms with van der Waals surface area (Å²) in [7, 11) is 1.57. The van der Waals surface area contributed by atoms with E-state index in [9.17, 15) is 9.59 Å². The molecule has 2 aromatic carbocycles. The Labute approximate surface area is 185 Å². The van der Waals surface area contributed by atoms with E-state index in [2.05, 4.69) is 25.6 Å². The quantitative estimate of drug-likeness (QED) is 0.428. The smallest absolute Gasteiger partial charge is 0.279 e. The zero-order valence-corrected chi connectivity index (χ0v) is 18.1. The molecular formula is C20H17ClN6O3S. The molecule has 2 N–H and O–H groups in total. The number of benzene rings is 2. The molecule has 11 heteroatoms. The molecule has 0 radical (unpaired) electrons. The van der Waals surface area contributed by atoms with Gasteiger partial charge in [-0.2, -0.15) is 9.61 Å². The minimum atomic E-state index is -0.393. The summed E-state index contributed by atoms with van der Waals surface area (Å²) in [6.07, 6.45) is 0. The molecule has 4 aromatic rings. The van der Waals surface area contributed by atoms with Crippen LogP contribution >= 0.6 is 23.4 Å². The number of halogens is 1. The average Bonchev–Trinajstić information content (AvgIpc) is 3.16. The van der Waals surface area contributed by atoms with Gasteiger partial charge < -0.3 is 10.1 Å². The molecule has 158 valence electrons. The number of carbonyl (C=O) groups is 1. The number of aromatic amines is 1. The number of thioether (sulfide) groups is 1. The molecule has 1 amide bonds. The lowest BCUT2D eigenvalue weighted by atomic mass is 10.1. The average molecular weight is 457 g/mol. The van der Waals surface area contributed by atoms with Gasteiger partial charge in [0, 0.05) is 16.3 Å². The molecular weight excluding hydrogens is 440 g/mol. The van der Waals surface area contributed by atoms with Gasteiger partial charge in [0.05, 0.1) is 12.9 Å². The normalized spacial score (nSPS) is 10.9. The summed E-state index contributed by atoms with van der Waals surface area (Å²) < 4.78 is 6.55. The van der Waals surface area contributed by atoms with Crippen LogP contribution in [0.25, 0.3) is 17.0 Å². The van der Waals surface area contributed by atoms with Gasteiger partial charge in [0.2, 0.25) is 11.1 Å². The molecule has 0 bridgehead atoms. The molecule has 2 heterocycles. The highest BCUT2D eigenvalue weighted by molar-refractivity contribution is 7.99. The first-order valence-corrected chi connectivity index (χ1v) is 10.5. The molecule has 0 saturated carbocycles. The number of hydrogen-bond donors (Lipinski definition) is 2. The highest BCUT2D eigenvalue weighted by atomic mass is 35.5. The predicted molar refractivity (Wildman–Crippen MR) is 119 cm³/mol. The molecule has 2 aromatic heterocycles. The maximum atomic E-state index is 12.4. The lowest BCUT2D eigenvalue weighted by molar-refractivity contribution is -0.113. The SMILES string of the molecule is COc1ccc(-c2nn3c(SCC(=O)Nc4cccc(Cl)c4C)nnc3[nH]c2=O)cc1. The number of rotatable bonds is 6. The Kier molecular flexibility index (Phi) is 5.92. The molecule has 0 unspecified atom stereocenters. The van der Waals surface area contributed by atoms with Gasteiger partial charge in [-0.1, -0.05) is 29.4 Å². The number of nitrogens with zero attached hydrogens (tertiary/aromatic N) is 4. The highest BCUT2D eigenvalue weighted by Gasteiger charge is 2.15. The van der Waals surface area contributed by atoms with Gasteiger partial charge in [-0.15, -0.1) is 10.2 Å². The maximum absolute atomic E-state index is 12.4. The van der Waals surface area contributed by atoms with Crippen molar-refractivity contribution in [2.75, 3.05) is 18.2 Å². The largest absolute Gasteiger partial charge is 0.497 e. The topological polar surface area (TPSA) is 114 Å². The first-order valence-electron chi connectivity index (χ1n) is 9.14. The van der Waals surface area contributed by atoms with Gasteiger partial charge >= 0.3 is 0 Å². The standard InChI is InChI=1S/C20H17ClN6O3S/c1-11-14(21)4-3-5-15(11)22-16(28)10-31-20-25-24-19-23-18(29)17(26-27(19)20)12-6-8-13(30-2)9-7-12/h3-9H,10H2,1-2H3,(H,22,28)(H,23,24,29). The van der Waals surface area contributed by atoms with Gasteiger partial charge in [0.25, 0.3) is 11.3 Å². The number of aromatic nitrogens is 5. The zero-order chi connectivity index (χ0) is 22.0. The van der Waals surface area contributed by atoms with Crippen LogP contribution in [0, 0.1) is 6.92 Å². The number of fused-ring (bicyclic) bond motifs is 1. The van der Waals surface area contributed by atoms with E-state index in [1.165, 1.54) is 4.52 Å². The van der Waals surface area contributed by atoms with E-state index < -0.39 is 5.56 Å². The van der Waals surface area contributed by atoms with E-state index in [-0.39, 0.29) is 23.1 Å². The highest BCUT2D eigenvalue weighted by Crippen LogP contribution is 2.24. The first kappa shape index (κ1) is 20.9. The third-order valence-corrected chi connectivity index (χ3v) is 5.82. The molecule has 31 heavy (non-hydrogen) atoms. The molecule has 0 spiro atoms. The van der Waals surface area contributed by atoms with Gasteiger partial charge in [-0.05, 0) is 48.9 Å². The van der Waals surface area contributed by atoms with Crippen molar-refractivity contribution in [1.29, 1.82) is 0 Å². The van der Waals surface area contributed by atoms with Gasteiger partial charge in [-0.25, -0.2) is 0 Å². The molecule has 4 rings (SSSR count). The van der Waals surface area contributed by atoms with Crippen LogP contribution in [0.3, 0.4) is 0 Å². The van der Waals surface area contributed by atoms with Gasteiger partial charge in [0.15, 0.2) is 5.69 Å². The Morgan fingerprint density at radius 1 is 1.23 bits per heavy atom. The fourth-order valence-corrected chi connectivity index (χ4v) is 3.68. The van der Waals surface area contributed by atoms with Crippen LogP contribution in [0.15, 0.2) is 52.4 Å². The number of anilines is 1. The lowest BCUT2D eigenvalue weighted by Crippen LogP contribution is -2.17. The molecule has 0 atom stereocenters. The van der Waals surface area contributed by atoms with Crippen molar-refractivity contribution in [2.45, 2.75) is 12.1 Å². The van der Waals surface area contributed by atoms with Crippen molar-refractivity contribution >= 4 is 40.7 Å². The van der Waals surface area contributed by atoms with Crippen LogP contribution in [-0.4, -0.2) is 43.6 Å². The van der Waals surface area contributed by atoms with Crippen LogP contribution in [0.4, 0.5) is 5.69 Å². The molecule has 0 saturated heterocycles. The zero-order valence-electron chi connectivity index (χ0n) is 16.5. The second kappa shape index (κ2) is 8.78. The monoisotopic (exact) mass is 456 g/mol. The Morgan fingerprint density at radius 3 is 2.74 bits per heavy atom.